The van der Waals surface area contributed by atoms with Crippen molar-refractivity contribution in [3.63, 3.8) is 0 Å². The van der Waals surface area contributed by atoms with Crippen LogP contribution in [0.2, 0.25) is 0 Å². The van der Waals surface area contributed by atoms with Crippen LogP contribution < -0.4 is 5.73 Å². The highest BCUT2D eigenvalue weighted by Gasteiger charge is 2.04. The molecule has 4 heteroatoms. The van der Waals surface area contributed by atoms with Crippen molar-refractivity contribution in [2.45, 2.75) is 18.9 Å². The molecule has 12 heavy (non-hydrogen) atoms. The van der Waals surface area contributed by atoms with Gasteiger partial charge in [0.15, 0.2) is 0 Å². The van der Waals surface area contributed by atoms with Gasteiger partial charge in [0.1, 0.15) is 0 Å². The standard InChI is InChI=1S/C8H14N2S2/c1-11-4-2-7(9)6-8-10-3-5-12-8/h3,5,7H,2,4,6,9H2,1H3. The summed E-state index contributed by atoms with van der Waals surface area (Å²) < 4.78 is 0. The fourth-order valence-electron chi connectivity index (χ4n) is 0.949. The molecule has 0 aliphatic heterocycles. The van der Waals surface area contributed by atoms with Gasteiger partial charge in [0.25, 0.3) is 0 Å². The third kappa shape index (κ3) is 3.56. The van der Waals surface area contributed by atoms with E-state index in [1.54, 1.807) is 11.3 Å². The molecule has 0 saturated carbocycles. The molecular formula is C8H14N2S2. The van der Waals surface area contributed by atoms with Crippen LogP contribution in [0, 0.1) is 0 Å². The summed E-state index contributed by atoms with van der Waals surface area (Å²) >= 11 is 3.53. The molecule has 0 aromatic carbocycles. The van der Waals surface area contributed by atoms with Crippen LogP contribution in [0.1, 0.15) is 11.4 Å². The van der Waals surface area contributed by atoms with Crippen molar-refractivity contribution in [1.82, 2.24) is 4.98 Å². The first kappa shape index (κ1) is 10.0. The van der Waals surface area contributed by atoms with Gasteiger partial charge in [-0.05, 0) is 18.4 Å². The third-order valence-corrected chi connectivity index (χ3v) is 3.06. The molecule has 1 unspecified atom stereocenters. The maximum atomic E-state index is 5.90. The number of hydrogen-bond donors (Lipinski definition) is 1. The van der Waals surface area contributed by atoms with E-state index in [2.05, 4.69) is 11.2 Å². The zero-order valence-corrected chi connectivity index (χ0v) is 8.83. The van der Waals surface area contributed by atoms with Crippen molar-refractivity contribution in [3.8, 4) is 0 Å². The van der Waals surface area contributed by atoms with Gasteiger partial charge in [-0.15, -0.1) is 11.3 Å². The zero-order chi connectivity index (χ0) is 8.81. The molecule has 2 N–H and O–H groups in total. The number of nitrogens with two attached hydrogens (primary N) is 1. The molecule has 1 aromatic rings. The van der Waals surface area contributed by atoms with Gasteiger partial charge in [-0.3, -0.25) is 0 Å². The molecule has 0 radical (unpaired) electrons. The van der Waals surface area contributed by atoms with E-state index >= 15 is 0 Å². The zero-order valence-electron chi connectivity index (χ0n) is 7.19. The normalized spacial score (nSPS) is 13.2. The summed E-state index contributed by atoms with van der Waals surface area (Å²) in [5.41, 5.74) is 5.90. The second-order valence-electron chi connectivity index (χ2n) is 2.67. The first-order chi connectivity index (χ1) is 5.83. The molecule has 0 bridgehead atoms. The lowest BCUT2D eigenvalue weighted by Crippen LogP contribution is -2.23. The first-order valence-corrected chi connectivity index (χ1v) is 6.23. The van der Waals surface area contributed by atoms with Crippen molar-refractivity contribution in [3.05, 3.63) is 16.6 Å². The number of hydrogen-bond acceptors (Lipinski definition) is 4. The molecule has 0 fully saturated rings. The van der Waals surface area contributed by atoms with Crippen LogP contribution in [0.3, 0.4) is 0 Å². The Morgan fingerprint density at radius 2 is 2.58 bits per heavy atom. The molecule has 2 nitrogen and oxygen atoms in total. The smallest absolute Gasteiger partial charge is 0.0940 e. The summed E-state index contributed by atoms with van der Waals surface area (Å²) in [6, 6.07) is 0.281. The number of aromatic nitrogens is 1. The molecule has 1 rings (SSSR count). The Hall–Kier alpha value is -0.0600. The van der Waals surface area contributed by atoms with Gasteiger partial charge in [-0.1, -0.05) is 0 Å². The van der Waals surface area contributed by atoms with E-state index in [0.29, 0.717) is 0 Å². The average molecular weight is 202 g/mol. The highest BCUT2D eigenvalue weighted by atomic mass is 32.2. The van der Waals surface area contributed by atoms with Gasteiger partial charge in [0, 0.05) is 24.0 Å². The Morgan fingerprint density at radius 1 is 1.75 bits per heavy atom. The lowest BCUT2D eigenvalue weighted by atomic mass is 10.2. The summed E-state index contributed by atoms with van der Waals surface area (Å²) in [7, 11) is 0. The second-order valence-corrected chi connectivity index (χ2v) is 4.64. The van der Waals surface area contributed by atoms with Gasteiger partial charge in [-0.25, -0.2) is 4.98 Å². The van der Waals surface area contributed by atoms with Crippen molar-refractivity contribution < 1.29 is 0 Å². The Labute approximate surface area is 81.6 Å². The first-order valence-electron chi connectivity index (χ1n) is 3.96. The molecular weight excluding hydrogens is 188 g/mol. The van der Waals surface area contributed by atoms with Crippen LogP contribution in [0.15, 0.2) is 11.6 Å². The average Bonchev–Trinajstić information content (AvgIpc) is 2.53. The summed E-state index contributed by atoms with van der Waals surface area (Å²) in [6.07, 6.45) is 5.95. The van der Waals surface area contributed by atoms with E-state index in [9.17, 15) is 0 Å². The minimum atomic E-state index is 0.281. The highest BCUT2D eigenvalue weighted by molar-refractivity contribution is 7.98. The maximum Gasteiger partial charge on any atom is 0.0940 e. The molecule has 0 amide bonds. The number of rotatable bonds is 5. The predicted octanol–water partition coefficient (Wildman–Crippen LogP) is 1.77. The van der Waals surface area contributed by atoms with Crippen LogP contribution >= 0.6 is 23.1 Å². The van der Waals surface area contributed by atoms with Crippen LogP contribution in [0.4, 0.5) is 0 Å². The van der Waals surface area contributed by atoms with Crippen LogP contribution in [0.5, 0.6) is 0 Å². The Bertz CT molecular complexity index is 199. The van der Waals surface area contributed by atoms with Crippen molar-refractivity contribution in [1.29, 1.82) is 0 Å². The van der Waals surface area contributed by atoms with Crippen LogP contribution in [-0.4, -0.2) is 23.0 Å². The number of nitrogens with zero attached hydrogens (tertiary/aromatic N) is 1. The Morgan fingerprint density at radius 3 is 3.17 bits per heavy atom. The SMILES string of the molecule is CSCCC(N)Cc1nccs1. The lowest BCUT2D eigenvalue weighted by molar-refractivity contribution is 0.649. The van der Waals surface area contributed by atoms with Gasteiger partial charge >= 0.3 is 0 Å². The largest absolute Gasteiger partial charge is 0.327 e. The van der Waals surface area contributed by atoms with E-state index in [-0.39, 0.29) is 6.04 Å². The highest BCUT2D eigenvalue weighted by Crippen LogP contribution is 2.09. The maximum absolute atomic E-state index is 5.90. The minimum absolute atomic E-state index is 0.281. The van der Waals surface area contributed by atoms with Crippen LogP contribution in [-0.2, 0) is 6.42 Å². The topological polar surface area (TPSA) is 38.9 Å². The van der Waals surface area contributed by atoms with E-state index < -0.39 is 0 Å². The number of thiazole rings is 1. The van der Waals surface area contributed by atoms with Crippen molar-refractivity contribution in [2.24, 2.45) is 5.73 Å². The van der Waals surface area contributed by atoms with E-state index in [1.807, 2.05) is 23.3 Å². The molecule has 1 aromatic heterocycles. The van der Waals surface area contributed by atoms with E-state index in [4.69, 9.17) is 5.73 Å². The fourth-order valence-corrected chi connectivity index (χ4v) is 2.20. The number of thioether (sulfide) groups is 1. The summed E-state index contributed by atoms with van der Waals surface area (Å²) in [4.78, 5) is 4.20. The minimum Gasteiger partial charge on any atom is -0.327 e. The lowest BCUT2D eigenvalue weighted by Gasteiger charge is -2.07. The molecule has 68 valence electrons. The summed E-state index contributed by atoms with van der Waals surface area (Å²) in [6.45, 7) is 0. The molecule has 0 spiro atoms. The Kier molecular flexibility index (Phi) is 4.65. The molecule has 0 aliphatic carbocycles. The monoisotopic (exact) mass is 202 g/mol. The van der Waals surface area contributed by atoms with Crippen LogP contribution in [0.25, 0.3) is 0 Å². The molecule has 1 atom stereocenters. The summed E-state index contributed by atoms with van der Waals surface area (Å²) in [5, 5.41) is 3.15. The third-order valence-electron chi connectivity index (χ3n) is 1.61. The van der Waals surface area contributed by atoms with Gasteiger partial charge in [0.05, 0.1) is 5.01 Å². The molecule has 0 saturated heterocycles. The molecule has 0 aliphatic rings. The van der Waals surface area contributed by atoms with Gasteiger partial charge in [-0.2, -0.15) is 11.8 Å². The van der Waals surface area contributed by atoms with E-state index in [1.165, 1.54) is 0 Å². The van der Waals surface area contributed by atoms with Gasteiger partial charge < -0.3 is 5.73 Å². The predicted molar refractivity (Wildman–Crippen MR) is 56.8 cm³/mol. The quantitative estimate of drug-likeness (QED) is 0.791. The van der Waals surface area contributed by atoms with Crippen molar-refractivity contribution in [2.75, 3.05) is 12.0 Å². The Balaban J connectivity index is 2.22. The summed E-state index contributed by atoms with van der Waals surface area (Å²) in [5.74, 6) is 1.15. The fraction of sp³-hybridized carbons (Fsp3) is 0.625. The van der Waals surface area contributed by atoms with E-state index in [0.717, 1.165) is 23.6 Å². The molecule has 1 heterocycles. The van der Waals surface area contributed by atoms with Gasteiger partial charge in [0.2, 0.25) is 0 Å². The van der Waals surface area contributed by atoms with Crippen molar-refractivity contribution >= 4 is 23.1 Å². The second kappa shape index (κ2) is 5.56.